The minimum atomic E-state index is -2.87. The van der Waals surface area contributed by atoms with E-state index in [0.29, 0.717) is 12.0 Å². The van der Waals surface area contributed by atoms with E-state index in [1.54, 1.807) is 18.2 Å². The van der Waals surface area contributed by atoms with Gasteiger partial charge in [0.1, 0.15) is 11.4 Å². The van der Waals surface area contributed by atoms with Crippen molar-refractivity contribution in [2.75, 3.05) is 0 Å². The fourth-order valence-corrected chi connectivity index (χ4v) is 4.46. The molecular weight excluding hydrogens is 434 g/mol. The second-order valence-corrected chi connectivity index (χ2v) is 8.85. The van der Waals surface area contributed by atoms with Gasteiger partial charge in [-0.3, -0.25) is 9.97 Å². The number of hydrogen-bond acceptors (Lipinski definition) is 4. The van der Waals surface area contributed by atoms with Crippen molar-refractivity contribution in [1.82, 2.24) is 19.4 Å². The van der Waals surface area contributed by atoms with Crippen molar-refractivity contribution in [1.29, 1.82) is 0 Å². The van der Waals surface area contributed by atoms with E-state index < -0.39 is 6.61 Å². The molecule has 7 heteroatoms. The number of aromatic nitrogens is 4. The number of pyridine rings is 1. The summed E-state index contributed by atoms with van der Waals surface area (Å²) in [5.74, 6) is 0.903. The van der Waals surface area contributed by atoms with Gasteiger partial charge in [-0.05, 0) is 55.9 Å². The maximum absolute atomic E-state index is 12.9. The molecule has 0 saturated heterocycles. The Hall–Kier alpha value is -3.61. The van der Waals surface area contributed by atoms with Crippen LogP contribution in [0, 0.1) is 12.8 Å². The van der Waals surface area contributed by atoms with Gasteiger partial charge < -0.3 is 9.14 Å². The van der Waals surface area contributed by atoms with Gasteiger partial charge in [0.2, 0.25) is 0 Å². The van der Waals surface area contributed by atoms with Crippen LogP contribution in [0.3, 0.4) is 0 Å². The van der Waals surface area contributed by atoms with Gasteiger partial charge in [-0.15, -0.1) is 0 Å². The summed E-state index contributed by atoms with van der Waals surface area (Å²) in [6.45, 7) is 1.33. The largest absolute Gasteiger partial charge is 0.435 e. The van der Waals surface area contributed by atoms with Crippen LogP contribution in [0.1, 0.15) is 48.8 Å². The van der Waals surface area contributed by atoms with Gasteiger partial charge in [-0.25, -0.2) is 4.98 Å². The first-order valence-electron chi connectivity index (χ1n) is 11.5. The standard InChI is InChI=1S/C27H26F2N4O/c1-17-7-9-19(10-8-17)22-14-31-23(15-30-22)21-11-12-26-32-18(2)24(33(26)16-21)13-20-5-3-4-6-25(20)34-27(28)29/h3-6,9,11-12,14-17,27H,7-8,10,13H2,1-2H3. The van der Waals surface area contributed by atoms with Crippen molar-refractivity contribution in [3.63, 3.8) is 0 Å². The number of imidazole rings is 1. The maximum Gasteiger partial charge on any atom is 0.387 e. The van der Waals surface area contributed by atoms with E-state index in [4.69, 9.17) is 4.74 Å². The van der Waals surface area contributed by atoms with E-state index in [2.05, 4.69) is 28.0 Å². The summed E-state index contributed by atoms with van der Waals surface area (Å²) in [5.41, 5.74) is 7.10. The molecule has 3 heterocycles. The molecule has 34 heavy (non-hydrogen) atoms. The molecule has 0 N–H and O–H groups in total. The third-order valence-corrected chi connectivity index (χ3v) is 6.41. The third-order valence-electron chi connectivity index (χ3n) is 6.41. The number of fused-ring (bicyclic) bond motifs is 1. The van der Waals surface area contributed by atoms with Crippen LogP contribution in [0.5, 0.6) is 5.75 Å². The number of nitrogens with zero attached hydrogens (tertiary/aromatic N) is 4. The highest BCUT2D eigenvalue weighted by Gasteiger charge is 2.16. The first-order valence-corrected chi connectivity index (χ1v) is 11.5. The molecule has 0 saturated carbocycles. The third kappa shape index (κ3) is 4.55. The smallest absolute Gasteiger partial charge is 0.387 e. The average molecular weight is 461 g/mol. The summed E-state index contributed by atoms with van der Waals surface area (Å²) in [7, 11) is 0. The lowest BCUT2D eigenvalue weighted by atomic mass is 9.90. The molecule has 0 amide bonds. The van der Waals surface area contributed by atoms with E-state index >= 15 is 0 Å². The number of aryl methyl sites for hydroxylation is 1. The topological polar surface area (TPSA) is 52.3 Å². The van der Waals surface area contributed by atoms with Gasteiger partial charge in [-0.1, -0.05) is 31.2 Å². The lowest BCUT2D eigenvalue weighted by molar-refractivity contribution is -0.0503. The summed E-state index contributed by atoms with van der Waals surface area (Å²) in [5, 5.41) is 0. The summed E-state index contributed by atoms with van der Waals surface area (Å²) >= 11 is 0. The average Bonchev–Trinajstić information content (AvgIpc) is 3.15. The van der Waals surface area contributed by atoms with Crippen molar-refractivity contribution < 1.29 is 13.5 Å². The van der Waals surface area contributed by atoms with E-state index in [1.165, 1.54) is 12.0 Å². The molecule has 0 bridgehead atoms. The van der Waals surface area contributed by atoms with Crippen LogP contribution < -0.4 is 4.74 Å². The molecule has 0 radical (unpaired) electrons. The molecule has 1 unspecified atom stereocenters. The van der Waals surface area contributed by atoms with Crippen LogP contribution in [-0.2, 0) is 6.42 Å². The Morgan fingerprint density at radius 1 is 1.09 bits per heavy atom. The first kappa shape index (κ1) is 22.2. The van der Waals surface area contributed by atoms with Gasteiger partial charge in [-0.2, -0.15) is 8.78 Å². The number of halogens is 2. The fourth-order valence-electron chi connectivity index (χ4n) is 4.46. The minimum absolute atomic E-state index is 0.177. The number of alkyl halides is 2. The molecule has 1 aromatic carbocycles. The minimum Gasteiger partial charge on any atom is -0.435 e. The predicted molar refractivity (Wildman–Crippen MR) is 128 cm³/mol. The number of benzene rings is 1. The molecule has 1 aliphatic rings. The Labute approximate surface area is 197 Å². The summed E-state index contributed by atoms with van der Waals surface area (Å²) < 4.78 is 32.4. The van der Waals surface area contributed by atoms with Crippen LogP contribution in [0.25, 0.3) is 22.5 Å². The molecule has 1 aliphatic carbocycles. The van der Waals surface area contributed by atoms with Gasteiger partial charge in [0.05, 0.1) is 29.5 Å². The van der Waals surface area contributed by atoms with Gasteiger partial charge in [0.15, 0.2) is 0 Å². The number of ether oxygens (including phenoxy) is 1. The van der Waals surface area contributed by atoms with Crippen LogP contribution in [-0.4, -0.2) is 26.0 Å². The number of rotatable bonds is 6. The lowest BCUT2D eigenvalue weighted by Gasteiger charge is -2.17. The SMILES string of the molecule is Cc1nc2ccc(-c3cnc(C4=CCC(C)CC4)cn3)cn2c1Cc1ccccc1OC(F)F. The van der Waals surface area contributed by atoms with Crippen molar-refractivity contribution in [3.8, 4) is 17.0 Å². The molecule has 3 aromatic heterocycles. The molecule has 1 atom stereocenters. The van der Waals surface area contributed by atoms with E-state index in [-0.39, 0.29) is 5.75 Å². The number of hydrogen-bond donors (Lipinski definition) is 0. The zero-order chi connectivity index (χ0) is 23.7. The van der Waals surface area contributed by atoms with E-state index in [1.807, 2.05) is 48.1 Å². The second-order valence-electron chi connectivity index (χ2n) is 8.85. The normalized spacial score (nSPS) is 16.1. The fraction of sp³-hybridized carbons (Fsp3) is 0.296. The quantitative estimate of drug-likeness (QED) is 0.330. The van der Waals surface area contributed by atoms with Gasteiger partial charge >= 0.3 is 6.61 Å². The molecule has 4 aromatic rings. The molecule has 0 aliphatic heterocycles. The molecule has 0 fully saturated rings. The Kier molecular flexibility index (Phi) is 6.09. The Bertz CT molecular complexity index is 1340. The second kappa shape index (κ2) is 9.33. The van der Waals surface area contributed by atoms with Crippen molar-refractivity contribution >= 4 is 11.2 Å². The maximum atomic E-state index is 12.9. The van der Waals surface area contributed by atoms with Crippen LogP contribution in [0.15, 0.2) is 61.1 Å². The van der Waals surface area contributed by atoms with Crippen LogP contribution in [0.2, 0.25) is 0 Å². The predicted octanol–water partition coefficient (Wildman–Crippen LogP) is 6.50. The molecule has 5 rings (SSSR count). The first-order chi connectivity index (χ1) is 16.5. The zero-order valence-corrected chi connectivity index (χ0v) is 19.2. The van der Waals surface area contributed by atoms with Gasteiger partial charge in [0, 0.05) is 29.4 Å². The highest BCUT2D eigenvalue weighted by Crippen LogP contribution is 2.30. The van der Waals surface area contributed by atoms with Crippen molar-refractivity contribution in [2.45, 2.75) is 46.1 Å². The molecule has 5 nitrogen and oxygen atoms in total. The van der Waals surface area contributed by atoms with Crippen LogP contribution >= 0.6 is 0 Å². The molecular formula is C27H26F2N4O. The highest BCUT2D eigenvalue weighted by atomic mass is 19.3. The van der Waals surface area contributed by atoms with E-state index in [9.17, 15) is 8.78 Å². The Morgan fingerprint density at radius 3 is 2.62 bits per heavy atom. The van der Waals surface area contributed by atoms with Crippen LogP contribution in [0.4, 0.5) is 8.78 Å². The van der Waals surface area contributed by atoms with Crippen molar-refractivity contribution in [2.24, 2.45) is 5.92 Å². The lowest BCUT2D eigenvalue weighted by Crippen LogP contribution is -2.06. The van der Waals surface area contributed by atoms with Crippen molar-refractivity contribution in [3.05, 3.63) is 83.7 Å². The zero-order valence-electron chi connectivity index (χ0n) is 19.2. The summed E-state index contributed by atoms with van der Waals surface area (Å²) in [4.78, 5) is 14.0. The monoisotopic (exact) mass is 460 g/mol. The number of para-hydroxylation sites is 1. The summed E-state index contributed by atoms with van der Waals surface area (Å²) in [6, 6.07) is 10.8. The van der Waals surface area contributed by atoms with Gasteiger partial charge in [0.25, 0.3) is 0 Å². The number of allylic oxidation sites excluding steroid dienone is 2. The molecule has 0 spiro atoms. The Morgan fingerprint density at radius 2 is 1.88 bits per heavy atom. The summed E-state index contributed by atoms with van der Waals surface area (Å²) in [6.07, 6.45) is 11.6. The Balaban J connectivity index is 1.46. The molecule has 174 valence electrons. The van der Waals surface area contributed by atoms with E-state index in [0.717, 1.165) is 52.7 Å². The highest BCUT2D eigenvalue weighted by molar-refractivity contribution is 5.65.